The highest BCUT2D eigenvalue weighted by molar-refractivity contribution is 6.32. The molecule has 4 nitrogen and oxygen atoms in total. The van der Waals surface area contributed by atoms with Crippen molar-refractivity contribution in [2.45, 2.75) is 26.4 Å². The van der Waals surface area contributed by atoms with Crippen LogP contribution in [0.4, 0.5) is 0 Å². The van der Waals surface area contributed by atoms with E-state index >= 15 is 0 Å². The van der Waals surface area contributed by atoms with Crippen molar-refractivity contribution in [3.63, 3.8) is 0 Å². The molecule has 1 fully saturated rings. The minimum Gasteiger partial charge on any atom is -0.480 e. The molecule has 0 aromatic heterocycles. The van der Waals surface area contributed by atoms with Crippen LogP contribution in [0.2, 0.25) is 5.02 Å². The molecule has 0 amide bonds. The van der Waals surface area contributed by atoms with Crippen molar-refractivity contribution in [2.75, 3.05) is 19.6 Å². The standard InChI is InChI=1S/C28H29ClN2O2/c1-19-15-23(26(29)16-24(19)18-31-14-13-30-17-27(31)28(32)33)12-11-21-9-6-10-25(20(21)2)22-7-4-3-5-8-22/h3-12,15-16,27,30H,13-14,17-18H2,1-2H3,(H,32,33). The number of nitrogens with zero attached hydrogens (tertiary/aromatic N) is 1. The van der Waals surface area contributed by atoms with Crippen molar-refractivity contribution in [1.82, 2.24) is 10.2 Å². The number of hydrogen-bond acceptors (Lipinski definition) is 3. The van der Waals surface area contributed by atoms with Gasteiger partial charge in [0.1, 0.15) is 6.04 Å². The highest BCUT2D eigenvalue weighted by Crippen LogP contribution is 2.29. The first kappa shape index (κ1) is 23.2. The van der Waals surface area contributed by atoms with Crippen molar-refractivity contribution >= 4 is 29.7 Å². The Balaban J connectivity index is 1.56. The average molecular weight is 461 g/mol. The molecule has 0 bridgehead atoms. The van der Waals surface area contributed by atoms with Crippen molar-refractivity contribution < 1.29 is 9.90 Å². The first-order valence-corrected chi connectivity index (χ1v) is 11.6. The topological polar surface area (TPSA) is 52.6 Å². The SMILES string of the molecule is Cc1cc(C=Cc2cccc(-c3ccccc3)c2C)c(Cl)cc1CN1CCNCC1C(=O)O. The largest absolute Gasteiger partial charge is 0.480 e. The van der Waals surface area contributed by atoms with Gasteiger partial charge in [-0.15, -0.1) is 0 Å². The van der Waals surface area contributed by atoms with Gasteiger partial charge in [-0.1, -0.05) is 78.4 Å². The molecule has 170 valence electrons. The molecule has 5 heteroatoms. The summed E-state index contributed by atoms with van der Waals surface area (Å²) in [7, 11) is 0. The second-order valence-electron chi connectivity index (χ2n) is 8.55. The fourth-order valence-electron chi connectivity index (χ4n) is 4.39. The first-order chi connectivity index (χ1) is 15.9. The van der Waals surface area contributed by atoms with E-state index in [1.165, 1.54) is 16.7 Å². The van der Waals surface area contributed by atoms with Crippen LogP contribution in [-0.2, 0) is 11.3 Å². The van der Waals surface area contributed by atoms with Crippen LogP contribution in [0.25, 0.3) is 23.3 Å². The summed E-state index contributed by atoms with van der Waals surface area (Å²) < 4.78 is 0. The fourth-order valence-corrected chi connectivity index (χ4v) is 4.63. The quantitative estimate of drug-likeness (QED) is 0.466. The Kier molecular flexibility index (Phi) is 7.29. The maximum Gasteiger partial charge on any atom is 0.322 e. The molecule has 1 aliphatic heterocycles. The summed E-state index contributed by atoms with van der Waals surface area (Å²) in [5.74, 6) is -0.793. The molecule has 2 N–H and O–H groups in total. The number of aryl methyl sites for hydroxylation is 1. The average Bonchev–Trinajstić information content (AvgIpc) is 2.82. The minimum atomic E-state index is -0.793. The minimum absolute atomic E-state index is 0.463. The monoisotopic (exact) mass is 460 g/mol. The van der Waals surface area contributed by atoms with E-state index in [0.717, 1.165) is 28.8 Å². The Bertz CT molecular complexity index is 1170. The van der Waals surface area contributed by atoms with Crippen LogP contribution < -0.4 is 5.32 Å². The molecule has 0 saturated carbocycles. The number of aliphatic carboxylic acids is 1. The van der Waals surface area contributed by atoms with Gasteiger partial charge in [0.25, 0.3) is 0 Å². The Labute approximate surface area is 200 Å². The van der Waals surface area contributed by atoms with Gasteiger partial charge in [-0.05, 0) is 58.9 Å². The molecule has 33 heavy (non-hydrogen) atoms. The van der Waals surface area contributed by atoms with E-state index in [-0.39, 0.29) is 0 Å². The van der Waals surface area contributed by atoms with Crippen LogP contribution in [0.1, 0.15) is 27.8 Å². The molecule has 0 spiro atoms. The van der Waals surface area contributed by atoms with Crippen LogP contribution in [-0.4, -0.2) is 41.7 Å². The summed E-state index contributed by atoms with van der Waals surface area (Å²) in [6.07, 6.45) is 4.17. The van der Waals surface area contributed by atoms with Gasteiger partial charge in [-0.25, -0.2) is 0 Å². The van der Waals surface area contributed by atoms with Crippen LogP contribution in [0, 0.1) is 13.8 Å². The molecule has 3 aromatic carbocycles. The van der Waals surface area contributed by atoms with Crippen molar-refractivity contribution in [3.05, 3.63) is 93.5 Å². The zero-order chi connectivity index (χ0) is 23.4. The molecule has 1 atom stereocenters. The Hall–Kier alpha value is -2.92. The number of piperazine rings is 1. The molecular formula is C28H29ClN2O2. The zero-order valence-electron chi connectivity index (χ0n) is 19.0. The number of hydrogen-bond donors (Lipinski definition) is 2. The number of carboxylic acids is 1. The molecule has 1 heterocycles. The summed E-state index contributed by atoms with van der Waals surface area (Å²) in [5.41, 5.74) is 7.93. The van der Waals surface area contributed by atoms with Gasteiger partial charge in [0.15, 0.2) is 0 Å². The van der Waals surface area contributed by atoms with Gasteiger partial charge in [0, 0.05) is 31.2 Å². The van der Waals surface area contributed by atoms with E-state index in [2.05, 4.69) is 79.8 Å². The Morgan fingerprint density at radius 3 is 2.61 bits per heavy atom. The Morgan fingerprint density at radius 1 is 1.09 bits per heavy atom. The van der Waals surface area contributed by atoms with Crippen molar-refractivity contribution in [3.8, 4) is 11.1 Å². The maximum atomic E-state index is 11.6. The molecule has 1 unspecified atom stereocenters. The zero-order valence-corrected chi connectivity index (χ0v) is 19.8. The van der Waals surface area contributed by atoms with E-state index in [9.17, 15) is 9.90 Å². The van der Waals surface area contributed by atoms with Gasteiger partial charge in [-0.2, -0.15) is 0 Å². The summed E-state index contributed by atoms with van der Waals surface area (Å²) in [6.45, 7) is 6.73. The lowest BCUT2D eigenvalue weighted by Gasteiger charge is -2.33. The summed E-state index contributed by atoms with van der Waals surface area (Å²) >= 11 is 6.65. The highest BCUT2D eigenvalue weighted by atomic mass is 35.5. The van der Waals surface area contributed by atoms with Crippen LogP contribution in [0.15, 0.2) is 60.7 Å². The van der Waals surface area contributed by atoms with Crippen LogP contribution in [0.3, 0.4) is 0 Å². The highest BCUT2D eigenvalue weighted by Gasteiger charge is 2.28. The molecule has 0 aliphatic carbocycles. The number of benzene rings is 3. The number of halogens is 1. The lowest BCUT2D eigenvalue weighted by molar-refractivity contribution is -0.144. The van der Waals surface area contributed by atoms with Gasteiger partial charge < -0.3 is 10.4 Å². The van der Waals surface area contributed by atoms with E-state index in [1.54, 1.807) is 0 Å². The van der Waals surface area contributed by atoms with Gasteiger partial charge in [0.05, 0.1) is 0 Å². The van der Waals surface area contributed by atoms with Gasteiger partial charge in [0.2, 0.25) is 0 Å². The number of carbonyl (C=O) groups is 1. The van der Waals surface area contributed by atoms with Gasteiger partial charge in [-0.3, -0.25) is 9.69 Å². The number of carboxylic acid groups (broad SMARTS) is 1. The lowest BCUT2D eigenvalue weighted by atomic mass is 9.95. The number of rotatable bonds is 6. The van der Waals surface area contributed by atoms with Gasteiger partial charge >= 0.3 is 5.97 Å². The third kappa shape index (κ3) is 5.36. The smallest absolute Gasteiger partial charge is 0.322 e. The predicted octanol–water partition coefficient (Wildman–Crippen LogP) is 5.65. The summed E-state index contributed by atoms with van der Waals surface area (Å²) in [4.78, 5) is 13.6. The lowest BCUT2D eigenvalue weighted by Crippen LogP contribution is -2.54. The van der Waals surface area contributed by atoms with Crippen molar-refractivity contribution in [1.29, 1.82) is 0 Å². The second kappa shape index (κ2) is 10.3. The van der Waals surface area contributed by atoms with E-state index in [4.69, 9.17) is 11.6 Å². The molecule has 0 radical (unpaired) electrons. The molecular weight excluding hydrogens is 432 g/mol. The predicted molar refractivity (Wildman–Crippen MR) is 136 cm³/mol. The van der Waals surface area contributed by atoms with E-state index < -0.39 is 12.0 Å². The molecule has 4 rings (SSSR count). The van der Waals surface area contributed by atoms with Crippen LogP contribution in [0.5, 0.6) is 0 Å². The second-order valence-corrected chi connectivity index (χ2v) is 8.96. The Morgan fingerprint density at radius 2 is 1.85 bits per heavy atom. The third-order valence-corrected chi connectivity index (χ3v) is 6.70. The summed E-state index contributed by atoms with van der Waals surface area (Å²) in [6, 6.07) is 20.3. The number of nitrogens with one attached hydrogen (secondary N) is 1. The third-order valence-electron chi connectivity index (χ3n) is 6.37. The maximum absolute atomic E-state index is 11.6. The first-order valence-electron chi connectivity index (χ1n) is 11.2. The van der Waals surface area contributed by atoms with Crippen molar-refractivity contribution in [2.24, 2.45) is 0 Å². The van der Waals surface area contributed by atoms with E-state index in [0.29, 0.717) is 24.7 Å². The molecule has 1 aliphatic rings. The molecule has 3 aromatic rings. The normalized spacial score (nSPS) is 16.9. The van der Waals surface area contributed by atoms with Crippen LogP contribution >= 0.6 is 11.6 Å². The fraction of sp³-hybridized carbons (Fsp3) is 0.250. The molecule has 1 saturated heterocycles. The summed E-state index contributed by atoms with van der Waals surface area (Å²) in [5, 5.41) is 13.4. The van der Waals surface area contributed by atoms with E-state index in [1.807, 2.05) is 17.0 Å².